The fraction of sp³-hybridized carbons (Fsp3) is 0.619. The van der Waals surface area contributed by atoms with E-state index in [0.717, 1.165) is 11.8 Å². The zero-order valence-corrected chi connectivity index (χ0v) is 16.1. The van der Waals surface area contributed by atoms with E-state index in [2.05, 4.69) is 0 Å². The summed E-state index contributed by atoms with van der Waals surface area (Å²) in [6.07, 6.45) is 12.0. The molecule has 3 rings (SSSR count). The van der Waals surface area contributed by atoms with Crippen LogP contribution in [0.4, 0.5) is 0 Å². The fourth-order valence-electron chi connectivity index (χ4n) is 4.15. The lowest BCUT2D eigenvalue weighted by molar-refractivity contribution is 0.0999. The van der Waals surface area contributed by atoms with Gasteiger partial charge in [-0.15, -0.1) is 0 Å². The topological polar surface area (TPSA) is 138 Å². The molecule has 0 aromatic heterocycles. The average Bonchev–Trinajstić information content (AvgIpc) is 2.66. The van der Waals surface area contributed by atoms with E-state index in [-0.39, 0.29) is 11.1 Å². The Kier molecular flexibility index (Phi) is 8.25. The lowest BCUT2D eigenvalue weighted by Crippen LogP contribution is -2.30. The van der Waals surface area contributed by atoms with E-state index in [1.54, 1.807) is 6.07 Å². The van der Waals surface area contributed by atoms with Crippen LogP contribution in [0.25, 0.3) is 0 Å². The molecule has 0 unspecified atom stereocenters. The van der Waals surface area contributed by atoms with E-state index < -0.39 is 11.8 Å². The number of carbonyl (C=O) groups is 2. The molecular formula is C21H34N4O2. The Morgan fingerprint density at radius 3 is 1.44 bits per heavy atom. The number of amides is 2. The number of benzene rings is 1. The van der Waals surface area contributed by atoms with Gasteiger partial charge in [0.15, 0.2) is 0 Å². The van der Waals surface area contributed by atoms with Crippen molar-refractivity contribution < 1.29 is 9.59 Å². The summed E-state index contributed by atoms with van der Waals surface area (Å²) in [4.78, 5) is 21.3. The van der Waals surface area contributed by atoms with Crippen molar-refractivity contribution in [1.82, 2.24) is 0 Å². The second-order valence-corrected chi connectivity index (χ2v) is 8.11. The van der Waals surface area contributed by atoms with Gasteiger partial charge in [-0.05, 0) is 87.8 Å². The van der Waals surface area contributed by atoms with Gasteiger partial charge in [0.05, 0.1) is 0 Å². The fourth-order valence-corrected chi connectivity index (χ4v) is 4.15. The van der Waals surface area contributed by atoms with E-state index >= 15 is 0 Å². The second kappa shape index (κ2) is 10.4. The van der Waals surface area contributed by atoms with Crippen molar-refractivity contribution in [3.63, 3.8) is 0 Å². The van der Waals surface area contributed by atoms with E-state index in [1.165, 1.54) is 76.0 Å². The molecule has 0 radical (unpaired) electrons. The normalized spacial score (nSPS) is 27.9. The van der Waals surface area contributed by atoms with Crippen molar-refractivity contribution in [2.24, 2.45) is 34.8 Å². The predicted molar refractivity (Wildman–Crippen MR) is 108 cm³/mol. The van der Waals surface area contributed by atoms with Crippen molar-refractivity contribution in [2.75, 3.05) is 0 Å². The number of hydrogen-bond donors (Lipinski definition) is 4. The Morgan fingerprint density at radius 2 is 1.11 bits per heavy atom. The van der Waals surface area contributed by atoms with Crippen LogP contribution in [0.1, 0.15) is 78.5 Å². The Morgan fingerprint density at radius 1 is 0.741 bits per heavy atom. The van der Waals surface area contributed by atoms with Gasteiger partial charge in [0.25, 0.3) is 0 Å². The standard InChI is InChI=1S/C13H26N2.C8H8N2O2/c14-12-5-1-10(2-6-12)9-11-3-7-13(15)8-4-11;9-7(11)5-2-1-3-6(4-5)8(10)12/h10-13H,1-9,14-15H2;1-4H,(H2,9,11)(H2,10,12). The highest BCUT2D eigenvalue weighted by molar-refractivity contribution is 5.98. The summed E-state index contributed by atoms with van der Waals surface area (Å²) >= 11 is 0. The first-order valence-corrected chi connectivity index (χ1v) is 10.1. The minimum Gasteiger partial charge on any atom is -0.366 e. The maximum Gasteiger partial charge on any atom is 0.248 e. The highest BCUT2D eigenvalue weighted by atomic mass is 16.1. The lowest BCUT2D eigenvalue weighted by Gasteiger charge is -2.32. The van der Waals surface area contributed by atoms with Gasteiger partial charge in [0.1, 0.15) is 0 Å². The summed E-state index contributed by atoms with van der Waals surface area (Å²) in [6, 6.07) is 6.97. The van der Waals surface area contributed by atoms with Crippen LogP contribution in [0.15, 0.2) is 24.3 Å². The highest BCUT2D eigenvalue weighted by Gasteiger charge is 2.24. The Balaban J connectivity index is 0.000000199. The molecule has 0 atom stereocenters. The first-order valence-electron chi connectivity index (χ1n) is 10.1. The molecule has 27 heavy (non-hydrogen) atoms. The van der Waals surface area contributed by atoms with E-state index in [1.807, 2.05) is 0 Å². The number of rotatable bonds is 4. The summed E-state index contributed by atoms with van der Waals surface area (Å²) in [6.45, 7) is 0. The first-order chi connectivity index (χ1) is 12.8. The Bertz CT molecular complexity index is 569. The van der Waals surface area contributed by atoms with Crippen molar-refractivity contribution in [3.8, 4) is 0 Å². The van der Waals surface area contributed by atoms with E-state index in [9.17, 15) is 9.59 Å². The van der Waals surface area contributed by atoms with Gasteiger partial charge in [0.2, 0.25) is 11.8 Å². The van der Waals surface area contributed by atoms with Crippen molar-refractivity contribution in [1.29, 1.82) is 0 Å². The van der Waals surface area contributed by atoms with Crippen molar-refractivity contribution in [2.45, 2.75) is 69.9 Å². The molecule has 0 heterocycles. The molecule has 8 N–H and O–H groups in total. The molecule has 2 fully saturated rings. The molecule has 6 nitrogen and oxygen atoms in total. The van der Waals surface area contributed by atoms with Crippen LogP contribution >= 0.6 is 0 Å². The maximum atomic E-state index is 10.6. The van der Waals surface area contributed by atoms with Crippen LogP contribution in [-0.4, -0.2) is 23.9 Å². The molecule has 2 aliphatic rings. The third kappa shape index (κ3) is 7.31. The zero-order chi connectivity index (χ0) is 19.8. The molecule has 1 aromatic carbocycles. The van der Waals surface area contributed by atoms with Crippen molar-refractivity contribution >= 4 is 11.8 Å². The Hall–Kier alpha value is -1.92. The summed E-state index contributed by atoms with van der Waals surface area (Å²) in [5.74, 6) is 0.810. The molecule has 1 aromatic rings. The first kappa shape index (κ1) is 21.4. The van der Waals surface area contributed by atoms with Crippen LogP contribution in [0.2, 0.25) is 0 Å². The third-order valence-corrected chi connectivity index (χ3v) is 5.88. The maximum absolute atomic E-state index is 10.6. The molecule has 0 saturated heterocycles. The smallest absolute Gasteiger partial charge is 0.248 e. The van der Waals surface area contributed by atoms with Crippen LogP contribution in [0.5, 0.6) is 0 Å². The highest BCUT2D eigenvalue weighted by Crippen LogP contribution is 2.34. The van der Waals surface area contributed by atoms with E-state index in [4.69, 9.17) is 22.9 Å². The minimum atomic E-state index is -0.571. The quantitative estimate of drug-likeness (QED) is 0.642. The summed E-state index contributed by atoms with van der Waals surface area (Å²) in [5, 5.41) is 0. The predicted octanol–water partition coefficient (Wildman–Crippen LogP) is 2.30. The van der Waals surface area contributed by atoms with Gasteiger partial charge in [0, 0.05) is 23.2 Å². The number of nitrogens with two attached hydrogens (primary N) is 4. The summed E-state index contributed by atoms with van der Waals surface area (Å²) in [5.41, 5.74) is 22.4. The molecule has 0 aliphatic heterocycles. The zero-order valence-electron chi connectivity index (χ0n) is 16.1. The van der Waals surface area contributed by atoms with E-state index in [0.29, 0.717) is 12.1 Å². The van der Waals surface area contributed by atoms with Gasteiger partial charge >= 0.3 is 0 Å². The van der Waals surface area contributed by atoms with Crippen LogP contribution in [0, 0.1) is 11.8 Å². The molecule has 150 valence electrons. The summed E-state index contributed by atoms with van der Waals surface area (Å²) < 4.78 is 0. The summed E-state index contributed by atoms with van der Waals surface area (Å²) in [7, 11) is 0. The molecule has 2 saturated carbocycles. The van der Waals surface area contributed by atoms with Crippen LogP contribution < -0.4 is 22.9 Å². The Labute approximate surface area is 162 Å². The number of carbonyl (C=O) groups excluding carboxylic acids is 2. The van der Waals surface area contributed by atoms with Gasteiger partial charge < -0.3 is 22.9 Å². The second-order valence-electron chi connectivity index (χ2n) is 8.11. The molecule has 2 aliphatic carbocycles. The molecule has 6 heteroatoms. The van der Waals surface area contributed by atoms with Gasteiger partial charge in [-0.2, -0.15) is 0 Å². The lowest BCUT2D eigenvalue weighted by atomic mass is 9.76. The van der Waals surface area contributed by atoms with Crippen molar-refractivity contribution in [3.05, 3.63) is 35.4 Å². The molecular weight excluding hydrogens is 340 g/mol. The monoisotopic (exact) mass is 374 g/mol. The number of primary amides is 2. The third-order valence-electron chi connectivity index (χ3n) is 5.88. The van der Waals surface area contributed by atoms with Gasteiger partial charge in [-0.25, -0.2) is 0 Å². The van der Waals surface area contributed by atoms with Gasteiger partial charge in [-0.1, -0.05) is 6.07 Å². The van der Waals surface area contributed by atoms with Gasteiger partial charge in [-0.3, -0.25) is 9.59 Å². The van der Waals surface area contributed by atoms with Crippen LogP contribution in [-0.2, 0) is 0 Å². The molecule has 0 bridgehead atoms. The van der Waals surface area contributed by atoms with Crippen LogP contribution in [0.3, 0.4) is 0 Å². The SMILES string of the molecule is NC(=O)c1cccc(C(N)=O)c1.NC1CCC(CC2CCC(N)CC2)CC1. The largest absolute Gasteiger partial charge is 0.366 e. The number of hydrogen-bond acceptors (Lipinski definition) is 4. The molecule has 2 amide bonds. The average molecular weight is 375 g/mol. The molecule has 0 spiro atoms. The minimum absolute atomic E-state index is 0.284.